The number of para-hydroxylation sites is 1. The maximum absolute atomic E-state index is 13.0. The van der Waals surface area contributed by atoms with Gasteiger partial charge in [-0.2, -0.15) is 0 Å². The Morgan fingerprint density at radius 1 is 1.11 bits per heavy atom. The Labute approximate surface area is 205 Å². The number of benzene rings is 1. The summed E-state index contributed by atoms with van der Waals surface area (Å²) < 4.78 is 53.9. The number of sulfonamides is 1. The molecule has 0 saturated heterocycles. The fourth-order valence-electron chi connectivity index (χ4n) is 3.24. The summed E-state index contributed by atoms with van der Waals surface area (Å²) >= 11 is 1.46. The fourth-order valence-corrected chi connectivity index (χ4v) is 4.93. The Hall–Kier alpha value is -3.65. The third kappa shape index (κ3) is 5.38. The second-order valence-corrected chi connectivity index (χ2v) is 9.95. The van der Waals surface area contributed by atoms with Crippen LogP contribution in [0.5, 0.6) is 11.5 Å². The zero-order valence-electron chi connectivity index (χ0n) is 19.1. The highest BCUT2D eigenvalue weighted by Crippen LogP contribution is 2.37. The van der Waals surface area contributed by atoms with Crippen LogP contribution in [0.25, 0.3) is 17.2 Å². The van der Waals surface area contributed by atoms with Gasteiger partial charge in [0, 0.05) is 11.8 Å². The molecule has 184 valence electrons. The van der Waals surface area contributed by atoms with E-state index < -0.39 is 15.8 Å². The van der Waals surface area contributed by atoms with E-state index in [4.69, 9.17) is 9.47 Å². The number of anilines is 1. The summed E-state index contributed by atoms with van der Waals surface area (Å²) in [6.45, 7) is 1.99. The van der Waals surface area contributed by atoms with Gasteiger partial charge in [-0.1, -0.05) is 13.0 Å². The Morgan fingerprint density at radius 2 is 1.80 bits per heavy atom. The predicted octanol–water partition coefficient (Wildman–Crippen LogP) is 2.88. The minimum absolute atomic E-state index is 0.0272. The van der Waals surface area contributed by atoms with E-state index in [-0.39, 0.29) is 23.9 Å². The number of ether oxygens (including phenoxy) is 2. The van der Waals surface area contributed by atoms with Crippen LogP contribution in [0, 0.1) is 5.82 Å². The van der Waals surface area contributed by atoms with Crippen molar-refractivity contribution in [1.29, 1.82) is 0 Å². The molecule has 0 bridgehead atoms. The van der Waals surface area contributed by atoms with E-state index in [0.717, 1.165) is 23.8 Å². The Kier molecular flexibility index (Phi) is 7.21. The molecule has 14 heteroatoms. The lowest BCUT2D eigenvalue weighted by molar-refractivity contribution is 0.391. The van der Waals surface area contributed by atoms with E-state index in [0.29, 0.717) is 28.7 Å². The number of aryl methyl sites for hydroxylation is 2. The highest BCUT2D eigenvalue weighted by molar-refractivity contribution is 7.92. The molecule has 0 saturated carbocycles. The summed E-state index contributed by atoms with van der Waals surface area (Å²) in [7, 11) is -0.942. The smallest absolute Gasteiger partial charge is 0.243 e. The van der Waals surface area contributed by atoms with Crippen molar-refractivity contribution < 1.29 is 22.3 Å². The lowest BCUT2D eigenvalue weighted by Crippen LogP contribution is -2.21. The van der Waals surface area contributed by atoms with Crippen LogP contribution in [-0.4, -0.2) is 58.1 Å². The van der Waals surface area contributed by atoms with Crippen LogP contribution in [0.2, 0.25) is 0 Å². The van der Waals surface area contributed by atoms with Crippen molar-refractivity contribution in [3.8, 4) is 28.7 Å². The van der Waals surface area contributed by atoms with Crippen molar-refractivity contribution in [2.75, 3.05) is 24.7 Å². The number of hydrogen-bond donors (Lipinski definition) is 1. The van der Waals surface area contributed by atoms with Crippen LogP contribution >= 0.6 is 11.3 Å². The molecule has 0 aliphatic rings. The highest BCUT2D eigenvalue weighted by Gasteiger charge is 2.26. The Balaban J connectivity index is 1.76. The second-order valence-electron chi connectivity index (χ2n) is 7.16. The van der Waals surface area contributed by atoms with Crippen LogP contribution in [0.4, 0.5) is 10.3 Å². The lowest BCUT2D eigenvalue weighted by atomic mass is 10.2. The van der Waals surface area contributed by atoms with Crippen molar-refractivity contribution in [2.24, 2.45) is 0 Å². The van der Waals surface area contributed by atoms with Crippen molar-refractivity contribution in [1.82, 2.24) is 29.7 Å². The lowest BCUT2D eigenvalue weighted by Gasteiger charge is -2.17. The molecule has 35 heavy (non-hydrogen) atoms. The summed E-state index contributed by atoms with van der Waals surface area (Å²) in [6, 6.07) is 5.17. The summed E-state index contributed by atoms with van der Waals surface area (Å²) in [4.78, 5) is 12.2. The summed E-state index contributed by atoms with van der Waals surface area (Å²) in [6.07, 6.45) is 2.68. The first-order valence-corrected chi connectivity index (χ1v) is 13.0. The number of aromatic nitrogens is 6. The first kappa shape index (κ1) is 24.5. The molecule has 4 aromatic rings. The highest BCUT2D eigenvalue weighted by atomic mass is 32.2. The van der Waals surface area contributed by atoms with Gasteiger partial charge >= 0.3 is 0 Å². The van der Waals surface area contributed by atoms with Crippen LogP contribution in [-0.2, 0) is 22.9 Å². The third-order valence-corrected chi connectivity index (χ3v) is 7.12. The number of nitrogens with zero attached hydrogens (tertiary/aromatic N) is 6. The van der Waals surface area contributed by atoms with Gasteiger partial charge < -0.3 is 9.47 Å². The monoisotopic (exact) mass is 519 g/mol. The number of hydrogen-bond acceptors (Lipinski definition) is 10. The largest absolute Gasteiger partial charge is 0.494 e. The zero-order valence-corrected chi connectivity index (χ0v) is 20.7. The first-order chi connectivity index (χ1) is 16.8. The maximum Gasteiger partial charge on any atom is 0.243 e. The molecule has 0 atom stereocenters. The molecule has 0 unspecified atom stereocenters. The number of thiazole rings is 1. The molecular formula is C21H22FN7O4S2. The van der Waals surface area contributed by atoms with Crippen molar-refractivity contribution in [2.45, 2.75) is 19.8 Å². The van der Waals surface area contributed by atoms with Gasteiger partial charge in [0.25, 0.3) is 0 Å². The van der Waals surface area contributed by atoms with E-state index in [1.54, 1.807) is 18.2 Å². The van der Waals surface area contributed by atoms with Crippen molar-refractivity contribution in [3.05, 3.63) is 52.6 Å². The fraction of sp³-hybridized carbons (Fsp3) is 0.286. The Bertz CT molecular complexity index is 1400. The summed E-state index contributed by atoms with van der Waals surface area (Å²) in [5.74, 6) is 0.292. The number of methoxy groups -OCH3 is 2. The quantitative estimate of drug-likeness (QED) is 0.336. The van der Waals surface area contributed by atoms with Gasteiger partial charge in [-0.15, -0.1) is 21.5 Å². The van der Waals surface area contributed by atoms with E-state index in [2.05, 4.69) is 29.9 Å². The molecule has 3 aromatic heterocycles. The van der Waals surface area contributed by atoms with Gasteiger partial charge in [0.2, 0.25) is 16.0 Å². The van der Waals surface area contributed by atoms with Gasteiger partial charge in [0.05, 0.1) is 37.4 Å². The van der Waals surface area contributed by atoms with E-state index in [1.165, 1.54) is 30.1 Å². The average molecular weight is 520 g/mol. The molecular weight excluding hydrogens is 497 g/mol. The average Bonchev–Trinajstić information content (AvgIpc) is 3.49. The topological polar surface area (TPSA) is 134 Å². The minimum atomic E-state index is -3.93. The van der Waals surface area contributed by atoms with Crippen LogP contribution in [0.15, 0.2) is 36.0 Å². The van der Waals surface area contributed by atoms with Crippen LogP contribution < -0.4 is 14.2 Å². The second kappa shape index (κ2) is 10.3. The van der Waals surface area contributed by atoms with E-state index >= 15 is 0 Å². The Morgan fingerprint density at radius 3 is 2.40 bits per heavy atom. The molecule has 11 nitrogen and oxygen atoms in total. The summed E-state index contributed by atoms with van der Waals surface area (Å²) in [5, 5.41) is 11.0. The molecule has 1 aromatic carbocycles. The standard InChI is InChI=1S/C21H22FN7O4S2/c1-4-18-25-14(12-34-18)20-26-27-21(29(20)19-15(32-2)6-5-7-16(19)33-3)28-35(30,31)9-8-17-23-10-13(22)11-24-17/h5-7,10-12H,4,8-9H2,1-3H3,(H,27,28). The molecule has 0 spiro atoms. The van der Waals surface area contributed by atoms with Gasteiger partial charge in [-0.3, -0.25) is 9.29 Å². The van der Waals surface area contributed by atoms with E-state index in [1.807, 2.05) is 12.3 Å². The van der Waals surface area contributed by atoms with E-state index in [9.17, 15) is 12.8 Å². The maximum atomic E-state index is 13.0. The summed E-state index contributed by atoms with van der Waals surface area (Å²) in [5.41, 5.74) is 0.931. The predicted molar refractivity (Wildman–Crippen MR) is 128 cm³/mol. The molecule has 0 amide bonds. The van der Waals surface area contributed by atoms with Crippen molar-refractivity contribution >= 4 is 27.3 Å². The third-order valence-electron chi connectivity index (χ3n) is 4.89. The number of halogens is 1. The molecule has 0 fully saturated rings. The number of rotatable bonds is 10. The number of nitrogens with one attached hydrogen (secondary N) is 1. The first-order valence-electron chi connectivity index (χ1n) is 10.4. The van der Waals surface area contributed by atoms with Crippen molar-refractivity contribution in [3.63, 3.8) is 0 Å². The van der Waals surface area contributed by atoms with Crippen LogP contribution in [0.1, 0.15) is 17.8 Å². The van der Waals surface area contributed by atoms with Gasteiger partial charge in [0.1, 0.15) is 28.7 Å². The molecule has 3 heterocycles. The molecule has 0 radical (unpaired) electrons. The molecule has 4 rings (SSSR count). The minimum Gasteiger partial charge on any atom is -0.494 e. The molecule has 1 N–H and O–H groups in total. The SMILES string of the molecule is CCc1nc(-c2nnc(NS(=O)(=O)CCc3ncc(F)cn3)n2-c2c(OC)cccc2OC)cs1. The van der Waals surface area contributed by atoms with Gasteiger partial charge in [0.15, 0.2) is 11.6 Å². The van der Waals surface area contributed by atoms with Gasteiger partial charge in [-0.25, -0.2) is 27.8 Å². The van der Waals surface area contributed by atoms with Crippen LogP contribution in [0.3, 0.4) is 0 Å². The zero-order chi connectivity index (χ0) is 25.0. The molecule has 0 aliphatic carbocycles. The van der Waals surface area contributed by atoms with Gasteiger partial charge in [-0.05, 0) is 18.6 Å². The molecule has 0 aliphatic heterocycles. The normalized spacial score (nSPS) is 11.4.